The van der Waals surface area contributed by atoms with Gasteiger partial charge in [-0.2, -0.15) is 0 Å². The molecule has 14 heteroatoms. The van der Waals surface area contributed by atoms with E-state index >= 15 is 0 Å². The Balaban J connectivity index is 1.48. The SMILES string of the molecule is COc1ccc(-c2ccnc(N(C(=O)O)C(C)(C)C)c2)cc1CN(C(=O)c1sc2c(F)ccc(F)c2c1Cl)C1CCC(NCC(=O)OC(C)(C)C)CC1. The normalized spacial score (nSPS) is 16.3. The molecule has 4 aromatic rings. The molecule has 5 rings (SSSR count). The van der Waals surface area contributed by atoms with Crippen LogP contribution >= 0.6 is 22.9 Å². The van der Waals surface area contributed by atoms with Gasteiger partial charge in [-0.05, 0) is 115 Å². The fourth-order valence-electron chi connectivity index (χ4n) is 6.64. The van der Waals surface area contributed by atoms with Crippen LogP contribution in [0.25, 0.3) is 21.2 Å². The highest BCUT2D eigenvalue weighted by atomic mass is 35.5. The maximum Gasteiger partial charge on any atom is 0.413 e. The summed E-state index contributed by atoms with van der Waals surface area (Å²) >= 11 is 7.46. The summed E-state index contributed by atoms with van der Waals surface area (Å²) in [5.41, 5.74) is 0.730. The predicted octanol–water partition coefficient (Wildman–Crippen LogP) is 9.07. The quantitative estimate of drug-likeness (QED) is 0.153. The second kappa shape index (κ2) is 16.0. The van der Waals surface area contributed by atoms with Crippen molar-refractivity contribution in [3.63, 3.8) is 0 Å². The molecule has 0 radical (unpaired) electrons. The lowest BCUT2D eigenvalue weighted by Crippen LogP contribution is -2.46. The number of ether oxygens (including phenoxy) is 2. The number of hydrogen-bond donors (Lipinski definition) is 2. The molecular weight excluding hydrogens is 726 g/mol. The van der Waals surface area contributed by atoms with Crippen molar-refractivity contribution in [2.24, 2.45) is 0 Å². The summed E-state index contributed by atoms with van der Waals surface area (Å²) in [6.07, 6.45) is 2.88. The first-order chi connectivity index (χ1) is 24.9. The van der Waals surface area contributed by atoms with Crippen LogP contribution in [-0.2, 0) is 16.1 Å². The zero-order valence-electron chi connectivity index (χ0n) is 30.9. The minimum atomic E-state index is -1.14. The molecule has 1 aliphatic carbocycles. The minimum Gasteiger partial charge on any atom is -0.496 e. The lowest BCUT2D eigenvalue weighted by atomic mass is 9.89. The van der Waals surface area contributed by atoms with Gasteiger partial charge in [0.25, 0.3) is 5.91 Å². The van der Waals surface area contributed by atoms with Gasteiger partial charge in [0.05, 0.1) is 28.8 Å². The summed E-state index contributed by atoms with van der Waals surface area (Å²) in [6.45, 7) is 10.9. The van der Waals surface area contributed by atoms with E-state index < -0.39 is 34.8 Å². The number of carbonyl (C=O) groups is 3. The Kier molecular flexibility index (Phi) is 12.0. The lowest BCUT2D eigenvalue weighted by Gasteiger charge is -2.37. The first kappa shape index (κ1) is 39.9. The highest BCUT2D eigenvalue weighted by molar-refractivity contribution is 7.21. The molecule has 0 aliphatic heterocycles. The Hall–Kier alpha value is -4.33. The average molecular weight is 771 g/mol. The fourth-order valence-corrected chi connectivity index (χ4v) is 8.15. The number of carboxylic acid groups (broad SMARTS) is 1. The van der Waals surface area contributed by atoms with E-state index in [0.717, 1.165) is 29.0 Å². The molecule has 2 aromatic carbocycles. The first-order valence-electron chi connectivity index (χ1n) is 17.4. The number of halogens is 3. The number of esters is 1. The Morgan fingerprint density at radius 1 is 0.981 bits per heavy atom. The van der Waals surface area contributed by atoms with Crippen LogP contribution in [0.1, 0.15) is 82.5 Å². The molecule has 53 heavy (non-hydrogen) atoms. The number of thiophene rings is 1. The molecule has 10 nitrogen and oxygen atoms in total. The maximum absolute atomic E-state index is 14.9. The van der Waals surface area contributed by atoms with Crippen molar-refractivity contribution >= 4 is 56.8 Å². The van der Waals surface area contributed by atoms with Gasteiger partial charge in [0.15, 0.2) is 0 Å². The second-order valence-corrected chi connectivity index (χ2v) is 16.5. The number of methoxy groups -OCH3 is 1. The lowest BCUT2D eigenvalue weighted by molar-refractivity contribution is -0.153. The molecule has 0 unspecified atom stereocenters. The number of aromatic nitrogens is 1. The molecule has 1 saturated carbocycles. The molecule has 2 amide bonds. The molecule has 0 atom stereocenters. The number of pyridine rings is 1. The van der Waals surface area contributed by atoms with E-state index in [1.807, 2.05) is 32.9 Å². The van der Waals surface area contributed by atoms with Crippen LogP contribution in [0.5, 0.6) is 5.75 Å². The van der Waals surface area contributed by atoms with Crippen molar-refractivity contribution in [3.8, 4) is 16.9 Å². The van der Waals surface area contributed by atoms with Crippen molar-refractivity contribution < 1.29 is 37.7 Å². The number of anilines is 1. The van der Waals surface area contributed by atoms with E-state index in [-0.39, 0.29) is 56.9 Å². The summed E-state index contributed by atoms with van der Waals surface area (Å²) in [7, 11) is 1.53. The van der Waals surface area contributed by atoms with Crippen molar-refractivity contribution in [1.82, 2.24) is 15.2 Å². The predicted molar refractivity (Wildman–Crippen MR) is 203 cm³/mol. The number of benzene rings is 2. The summed E-state index contributed by atoms with van der Waals surface area (Å²) in [5, 5.41) is 13.0. The van der Waals surface area contributed by atoms with E-state index in [1.54, 1.807) is 50.1 Å². The van der Waals surface area contributed by atoms with Gasteiger partial charge in [0, 0.05) is 35.9 Å². The van der Waals surface area contributed by atoms with Gasteiger partial charge in [0.1, 0.15) is 33.7 Å². The molecule has 0 bridgehead atoms. The smallest absolute Gasteiger partial charge is 0.413 e. The Morgan fingerprint density at radius 3 is 2.25 bits per heavy atom. The first-order valence-corrected chi connectivity index (χ1v) is 18.6. The van der Waals surface area contributed by atoms with Crippen molar-refractivity contribution in [1.29, 1.82) is 0 Å². The average Bonchev–Trinajstić information content (AvgIpc) is 3.44. The van der Waals surface area contributed by atoms with Crippen molar-refractivity contribution in [3.05, 3.63) is 75.8 Å². The van der Waals surface area contributed by atoms with Gasteiger partial charge in [-0.1, -0.05) is 17.7 Å². The minimum absolute atomic E-state index is 0.0176. The zero-order chi connectivity index (χ0) is 38.8. The van der Waals surface area contributed by atoms with Crippen LogP contribution < -0.4 is 15.0 Å². The number of rotatable bonds is 10. The standard InChI is InChI=1S/C39H45ClF2N4O6S/c1-38(2,3)46(37(49)50)30-19-23(16-17-43-30)22-8-15-29(51-7)24(18-22)21-45(26-11-9-25(10-12-26)44-20-31(47)52-39(4,5)6)36(48)35-33(40)32-27(41)13-14-28(42)34(32)53-35/h8,13-19,25-26,44H,9-12,20-21H2,1-7H3,(H,49,50). The summed E-state index contributed by atoms with van der Waals surface area (Å²) in [6, 6.07) is 10.7. The number of fused-ring (bicyclic) bond motifs is 1. The molecular formula is C39H45ClF2N4O6S. The zero-order valence-corrected chi connectivity index (χ0v) is 32.5. The number of hydrogen-bond acceptors (Lipinski definition) is 8. The highest BCUT2D eigenvalue weighted by Crippen LogP contribution is 2.41. The molecule has 284 valence electrons. The molecule has 0 saturated heterocycles. The third kappa shape index (κ3) is 9.25. The van der Waals surface area contributed by atoms with Crippen molar-refractivity contribution in [2.45, 2.75) is 97.0 Å². The van der Waals surface area contributed by atoms with Gasteiger partial charge in [-0.3, -0.25) is 14.5 Å². The largest absolute Gasteiger partial charge is 0.496 e. The fraction of sp³-hybridized carbons (Fsp3) is 0.436. The van der Waals surface area contributed by atoms with E-state index in [1.165, 1.54) is 12.0 Å². The summed E-state index contributed by atoms with van der Waals surface area (Å²) in [4.78, 5) is 46.3. The van der Waals surface area contributed by atoms with Gasteiger partial charge < -0.3 is 24.8 Å². The van der Waals surface area contributed by atoms with Crippen LogP contribution in [0.4, 0.5) is 19.4 Å². The summed E-state index contributed by atoms with van der Waals surface area (Å²) in [5.74, 6) is -1.44. The number of nitrogens with one attached hydrogen (secondary N) is 1. The van der Waals surface area contributed by atoms with Crippen LogP contribution in [0.3, 0.4) is 0 Å². The van der Waals surface area contributed by atoms with Crippen molar-refractivity contribution in [2.75, 3.05) is 18.6 Å². The van der Waals surface area contributed by atoms with Crippen LogP contribution in [0, 0.1) is 11.6 Å². The highest BCUT2D eigenvalue weighted by Gasteiger charge is 2.34. The van der Waals surface area contributed by atoms with E-state index in [9.17, 15) is 28.3 Å². The third-order valence-electron chi connectivity index (χ3n) is 9.02. The Bertz CT molecular complexity index is 2000. The van der Waals surface area contributed by atoms with Gasteiger partial charge >= 0.3 is 12.1 Å². The van der Waals surface area contributed by atoms with Crippen LogP contribution in [0.15, 0.2) is 48.7 Å². The molecule has 2 aromatic heterocycles. The van der Waals surface area contributed by atoms with E-state index in [0.29, 0.717) is 42.6 Å². The topological polar surface area (TPSA) is 121 Å². The van der Waals surface area contributed by atoms with E-state index in [2.05, 4.69) is 10.3 Å². The molecule has 2 heterocycles. The molecule has 0 spiro atoms. The monoisotopic (exact) mass is 770 g/mol. The molecule has 1 aliphatic rings. The van der Waals surface area contributed by atoms with Crippen LogP contribution in [-0.4, -0.2) is 69.8 Å². The van der Waals surface area contributed by atoms with E-state index in [4.69, 9.17) is 21.1 Å². The second-order valence-electron chi connectivity index (χ2n) is 15.1. The number of carbonyl (C=O) groups excluding carboxylic acids is 2. The van der Waals surface area contributed by atoms with Crippen LogP contribution in [0.2, 0.25) is 5.02 Å². The third-order valence-corrected chi connectivity index (χ3v) is 10.7. The van der Waals surface area contributed by atoms with Gasteiger partial charge in [-0.25, -0.2) is 18.6 Å². The molecule has 1 fully saturated rings. The Labute approximate surface area is 317 Å². The Morgan fingerprint density at radius 2 is 1.64 bits per heavy atom. The van der Waals surface area contributed by atoms with Gasteiger partial charge in [0.2, 0.25) is 0 Å². The maximum atomic E-state index is 14.9. The molecule has 2 N–H and O–H groups in total. The van der Waals surface area contributed by atoms with Gasteiger partial charge in [-0.15, -0.1) is 11.3 Å². The summed E-state index contributed by atoms with van der Waals surface area (Å²) < 4.78 is 40.9. The number of nitrogens with zero attached hydrogens (tertiary/aromatic N) is 3. The number of amides is 2.